The first-order valence-corrected chi connectivity index (χ1v) is 5.89. The van der Waals surface area contributed by atoms with Gasteiger partial charge in [-0.3, -0.25) is 4.79 Å². The first kappa shape index (κ1) is 15.7. The number of carboxylic acids is 1. The number of carbonyl (C=O) groups excluding carboxylic acids is 1. The van der Waals surface area contributed by atoms with Crippen LogP contribution in [0.25, 0.3) is 0 Å². The van der Waals surface area contributed by atoms with Gasteiger partial charge in [0.1, 0.15) is 19.3 Å². The number of carbonyl (C=O) groups is 2. The third-order valence-corrected chi connectivity index (χ3v) is 3.00. The lowest BCUT2D eigenvalue weighted by Gasteiger charge is -2.37. The van der Waals surface area contributed by atoms with Gasteiger partial charge in [-0.15, -0.1) is 0 Å². The molecule has 19 heavy (non-hydrogen) atoms. The molecule has 110 valence electrons. The normalized spacial score (nSPS) is 24.3. The zero-order valence-electron chi connectivity index (χ0n) is 10.4. The van der Waals surface area contributed by atoms with Gasteiger partial charge in [0.25, 0.3) is 0 Å². The van der Waals surface area contributed by atoms with Crippen molar-refractivity contribution in [3.8, 4) is 0 Å². The monoisotopic (exact) mass is 283 g/mol. The van der Waals surface area contributed by atoms with E-state index in [-0.39, 0.29) is 12.5 Å². The molecule has 1 heterocycles. The Balaban J connectivity index is 2.56. The molecule has 2 atom stereocenters. The fourth-order valence-corrected chi connectivity index (χ4v) is 2.18. The summed E-state index contributed by atoms with van der Waals surface area (Å²) in [6.45, 7) is -0.333. The highest BCUT2D eigenvalue weighted by Gasteiger charge is 2.37. The summed E-state index contributed by atoms with van der Waals surface area (Å²) in [7, 11) is 0. The Morgan fingerprint density at radius 3 is 2.58 bits per heavy atom. The van der Waals surface area contributed by atoms with Gasteiger partial charge in [-0.05, 0) is 18.8 Å². The summed E-state index contributed by atoms with van der Waals surface area (Å²) in [4.78, 5) is 23.9. The second-order valence-electron chi connectivity index (χ2n) is 4.60. The SMILES string of the molecule is CC1CCCN(C(=O)COCC(F)(F)F)C1C(=O)O. The summed E-state index contributed by atoms with van der Waals surface area (Å²) in [6, 6.07) is -0.990. The largest absolute Gasteiger partial charge is 0.480 e. The minimum atomic E-state index is -4.50. The summed E-state index contributed by atoms with van der Waals surface area (Å²) in [5.74, 6) is -2.09. The van der Waals surface area contributed by atoms with Gasteiger partial charge in [-0.1, -0.05) is 6.92 Å². The van der Waals surface area contributed by atoms with Crippen LogP contribution < -0.4 is 0 Å². The number of alkyl halides is 3. The number of hydrogen-bond donors (Lipinski definition) is 1. The topological polar surface area (TPSA) is 66.8 Å². The van der Waals surface area contributed by atoms with E-state index in [4.69, 9.17) is 5.11 Å². The second kappa shape index (κ2) is 6.23. The van der Waals surface area contributed by atoms with Crippen molar-refractivity contribution in [1.82, 2.24) is 4.90 Å². The van der Waals surface area contributed by atoms with Gasteiger partial charge in [0, 0.05) is 6.54 Å². The van der Waals surface area contributed by atoms with Crippen molar-refractivity contribution in [1.29, 1.82) is 0 Å². The maximum Gasteiger partial charge on any atom is 0.411 e. The number of halogens is 3. The molecule has 1 rings (SSSR count). The molecule has 1 fully saturated rings. The number of carboxylic acid groups (broad SMARTS) is 1. The van der Waals surface area contributed by atoms with Crippen molar-refractivity contribution in [3.63, 3.8) is 0 Å². The van der Waals surface area contributed by atoms with Crippen LogP contribution in [0.1, 0.15) is 19.8 Å². The lowest BCUT2D eigenvalue weighted by molar-refractivity contribution is -0.180. The van der Waals surface area contributed by atoms with E-state index in [0.717, 1.165) is 4.90 Å². The van der Waals surface area contributed by atoms with Gasteiger partial charge in [-0.2, -0.15) is 13.2 Å². The summed E-state index contributed by atoms with van der Waals surface area (Å²) in [6.07, 6.45) is -3.19. The van der Waals surface area contributed by atoms with Crippen LogP contribution in [0, 0.1) is 5.92 Å². The molecular weight excluding hydrogens is 267 g/mol. The molecule has 2 unspecified atom stereocenters. The van der Waals surface area contributed by atoms with E-state index in [9.17, 15) is 22.8 Å². The number of likely N-dealkylation sites (tertiary alicyclic amines) is 1. The van der Waals surface area contributed by atoms with Gasteiger partial charge in [-0.25, -0.2) is 4.79 Å². The van der Waals surface area contributed by atoms with Gasteiger partial charge < -0.3 is 14.7 Å². The van der Waals surface area contributed by atoms with Crippen LogP contribution in [0.15, 0.2) is 0 Å². The van der Waals surface area contributed by atoms with Crippen LogP contribution >= 0.6 is 0 Å². The number of nitrogens with zero attached hydrogens (tertiary/aromatic N) is 1. The predicted molar refractivity (Wildman–Crippen MR) is 58.4 cm³/mol. The Hall–Kier alpha value is -1.31. The van der Waals surface area contributed by atoms with Gasteiger partial charge in [0.15, 0.2) is 0 Å². The average Bonchev–Trinajstić information content (AvgIpc) is 2.26. The number of ether oxygens (including phenoxy) is 1. The summed E-state index contributed by atoms with van der Waals surface area (Å²) >= 11 is 0. The fourth-order valence-electron chi connectivity index (χ4n) is 2.18. The number of piperidine rings is 1. The summed E-state index contributed by atoms with van der Waals surface area (Å²) in [5, 5.41) is 9.07. The lowest BCUT2D eigenvalue weighted by atomic mass is 9.91. The van der Waals surface area contributed by atoms with Crippen LogP contribution in [-0.4, -0.2) is 53.9 Å². The number of amides is 1. The van der Waals surface area contributed by atoms with E-state index < -0.39 is 37.3 Å². The van der Waals surface area contributed by atoms with Crippen molar-refractivity contribution >= 4 is 11.9 Å². The maximum atomic E-state index is 11.9. The third kappa shape index (κ3) is 4.70. The van der Waals surface area contributed by atoms with Crippen LogP contribution in [-0.2, 0) is 14.3 Å². The van der Waals surface area contributed by atoms with E-state index in [2.05, 4.69) is 4.74 Å². The lowest BCUT2D eigenvalue weighted by Crippen LogP contribution is -2.53. The minimum Gasteiger partial charge on any atom is -0.480 e. The zero-order valence-corrected chi connectivity index (χ0v) is 10.4. The van der Waals surface area contributed by atoms with Crippen molar-refractivity contribution < 1.29 is 32.6 Å². The maximum absolute atomic E-state index is 11.9. The molecule has 0 radical (unpaired) electrons. The van der Waals surface area contributed by atoms with Crippen molar-refractivity contribution in [2.45, 2.75) is 32.0 Å². The van der Waals surface area contributed by atoms with Crippen molar-refractivity contribution in [2.75, 3.05) is 19.8 Å². The van der Waals surface area contributed by atoms with Crippen LogP contribution in [0.5, 0.6) is 0 Å². The molecule has 8 heteroatoms. The second-order valence-corrected chi connectivity index (χ2v) is 4.60. The molecule has 0 saturated carbocycles. The molecule has 1 aliphatic heterocycles. The summed E-state index contributed by atoms with van der Waals surface area (Å²) < 4.78 is 39.9. The third-order valence-electron chi connectivity index (χ3n) is 3.00. The van der Waals surface area contributed by atoms with E-state index >= 15 is 0 Å². The predicted octanol–water partition coefficient (Wildman–Crippen LogP) is 1.28. The molecule has 1 saturated heterocycles. The van der Waals surface area contributed by atoms with Crippen molar-refractivity contribution in [2.24, 2.45) is 5.92 Å². The van der Waals surface area contributed by atoms with E-state index in [1.165, 1.54) is 0 Å². The molecular formula is C11H16F3NO4. The number of aliphatic carboxylic acids is 1. The first-order valence-electron chi connectivity index (χ1n) is 5.89. The standard InChI is InChI=1S/C11H16F3NO4/c1-7-3-2-4-15(9(7)10(17)18)8(16)5-19-6-11(12,13)14/h7,9H,2-6H2,1H3,(H,17,18). The fraction of sp³-hybridized carbons (Fsp3) is 0.818. The summed E-state index contributed by atoms with van der Waals surface area (Å²) in [5.41, 5.74) is 0. The molecule has 1 amide bonds. The quantitative estimate of drug-likeness (QED) is 0.844. The van der Waals surface area contributed by atoms with Crippen LogP contribution in [0.2, 0.25) is 0 Å². The van der Waals surface area contributed by atoms with E-state index in [1.807, 2.05) is 0 Å². The zero-order chi connectivity index (χ0) is 14.6. The molecule has 0 spiro atoms. The molecule has 0 aliphatic carbocycles. The molecule has 1 N–H and O–H groups in total. The highest BCUT2D eigenvalue weighted by molar-refractivity contribution is 5.84. The molecule has 5 nitrogen and oxygen atoms in total. The van der Waals surface area contributed by atoms with E-state index in [0.29, 0.717) is 12.8 Å². The minimum absolute atomic E-state index is 0.224. The van der Waals surface area contributed by atoms with Gasteiger partial charge in [0.05, 0.1) is 0 Å². The Morgan fingerprint density at radius 1 is 1.42 bits per heavy atom. The highest BCUT2D eigenvalue weighted by Crippen LogP contribution is 2.23. The smallest absolute Gasteiger partial charge is 0.411 e. The number of hydrogen-bond acceptors (Lipinski definition) is 3. The average molecular weight is 283 g/mol. The van der Waals surface area contributed by atoms with E-state index in [1.54, 1.807) is 6.92 Å². The molecule has 0 aromatic rings. The molecule has 0 bridgehead atoms. The highest BCUT2D eigenvalue weighted by atomic mass is 19.4. The van der Waals surface area contributed by atoms with Gasteiger partial charge in [0.2, 0.25) is 5.91 Å². The Kier molecular flexibility index (Phi) is 5.16. The first-order chi connectivity index (χ1) is 8.72. The molecule has 0 aromatic carbocycles. The molecule has 1 aliphatic rings. The number of rotatable bonds is 4. The Labute approximate surface area is 108 Å². The molecule has 0 aromatic heterocycles. The van der Waals surface area contributed by atoms with Crippen LogP contribution in [0.4, 0.5) is 13.2 Å². The van der Waals surface area contributed by atoms with Crippen LogP contribution in [0.3, 0.4) is 0 Å². The van der Waals surface area contributed by atoms with Crippen molar-refractivity contribution in [3.05, 3.63) is 0 Å². The Bertz CT molecular complexity index is 345. The van der Waals surface area contributed by atoms with Gasteiger partial charge >= 0.3 is 12.1 Å². The Morgan fingerprint density at radius 2 is 2.05 bits per heavy atom.